The second-order valence-electron chi connectivity index (χ2n) is 8.16. The third-order valence-electron chi connectivity index (χ3n) is 5.82. The third-order valence-corrected chi connectivity index (χ3v) is 5.82. The summed E-state index contributed by atoms with van der Waals surface area (Å²) in [6, 6.07) is 10.1. The van der Waals surface area contributed by atoms with Crippen molar-refractivity contribution in [1.29, 1.82) is 0 Å². The molecule has 0 bridgehead atoms. The molecule has 2 aromatic heterocycles. The number of carbonyl (C=O) groups is 1. The Balaban J connectivity index is 1.40. The summed E-state index contributed by atoms with van der Waals surface area (Å²) in [7, 11) is 0. The fourth-order valence-electron chi connectivity index (χ4n) is 4.10. The lowest BCUT2D eigenvalue weighted by Crippen LogP contribution is -2.09. The Bertz CT molecular complexity index is 1150. The number of pyridine rings is 1. The minimum Gasteiger partial charge on any atom is -0.493 e. The van der Waals surface area contributed by atoms with Crippen molar-refractivity contribution in [3.8, 4) is 17.2 Å². The van der Waals surface area contributed by atoms with Crippen LogP contribution in [0.1, 0.15) is 54.5 Å². The molecule has 0 spiro atoms. The monoisotopic (exact) mass is 446 g/mol. The van der Waals surface area contributed by atoms with Gasteiger partial charge in [0.1, 0.15) is 11.5 Å². The maximum atomic E-state index is 11.8. The van der Waals surface area contributed by atoms with Gasteiger partial charge in [0.2, 0.25) is 5.89 Å². The molecule has 172 valence electrons. The van der Waals surface area contributed by atoms with E-state index in [1.807, 2.05) is 45.0 Å². The lowest BCUT2D eigenvalue weighted by atomic mass is 9.88. The lowest BCUT2D eigenvalue weighted by molar-refractivity contribution is -0.142. The first-order chi connectivity index (χ1) is 16.0. The summed E-state index contributed by atoms with van der Waals surface area (Å²) in [6.45, 7) is 6.64. The number of benzene rings is 1. The molecule has 2 heterocycles. The molecule has 0 radical (unpaired) electrons. The molecule has 6 nitrogen and oxygen atoms in total. The van der Waals surface area contributed by atoms with Gasteiger partial charge in [0.15, 0.2) is 0 Å². The number of esters is 1. The van der Waals surface area contributed by atoms with Crippen LogP contribution in [0.4, 0.5) is 0 Å². The van der Waals surface area contributed by atoms with Crippen LogP contribution in [0.25, 0.3) is 17.0 Å². The standard InChI is InChI=1S/C27H30N2O4/c1-4-31-26(30)14-13-20-7-5-9-23-22(20)8-6-10-25(23)32-16-15-24-19(3)33-27(29-24)21-12-11-18(2)28-17-21/h6-8,10-12,17H,4-5,9,13-16H2,1-3H3. The summed E-state index contributed by atoms with van der Waals surface area (Å²) < 4.78 is 17.1. The molecule has 0 fully saturated rings. The van der Waals surface area contributed by atoms with Gasteiger partial charge in [-0.3, -0.25) is 9.78 Å². The minimum atomic E-state index is -0.151. The Morgan fingerprint density at radius 1 is 1.15 bits per heavy atom. The van der Waals surface area contributed by atoms with Crippen LogP contribution < -0.4 is 4.74 Å². The van der Waals surface area contributed by atoms with Gasteiger partial charge in [-0.05, 0) is 69.4 Å². The third kappa shape index (κ3) is 5.51. The van der Waals surface area contributed by atoms with Gasteiger partial charge in [-0.25, -0.2) is 4.98 Å². The molecule has 6 heteroatoms. The van der Waals surface area contributed by atoms with Crippen molar-refractivity contribution in [1.82, 2.24) is 9.97 Å². The summed E-state index contributed by atoms with van der Waals surface area (Å²) in [4.78, 5) is 20.8. The predicted molar refractivity (Wildman–Crippen MR) is 127 cm³/mol. The molecule has 0 atom stereocenters. The zero-order valence-corrected chi connectivity index (χ0v) is 19.5. The Labute approximate surface area is 194 Å². The number of hydrogen-bond acceptors (Lipinski definition) is 6. The van der Waals surface area contributed by atoms with E-state index in [1.54, 1.807) is 6.20 Å². The molecule has 0 unspecified atom stereocenters. The number of aryl methyl sites for hydroxylation is 2. The van der Waals surface area contributed by atoms with Crippen LogP contribution in [0.15, 0.2) is 47.0 Å². The van der Waals surface area contributed by atoms with Gasteiger partial charge in [0, 0.05) is 30.3 Å². The summed E-state index contributed by atoms with van der Waals surface area (Å²) in [6.07, 6.45) is 7.63. The van der Waals surface area contributed by atoms with Crippen molar-refractivity contribution >= 4 is 11.5 Å². The topological polar surface area (TPSA) is 74.5 Å². The van der Waals surface area contributed by atoms with E-state index in [0.717, 1.165) is 41.3 Å². The molecular formula is C27H30N2O4. The van der Waals surface area contributed by atoms with Crippen LogP contribution >= 0.6 is 0 Å². The Morgan fingerprint density at radius 2 is 2.03 bits per heavy atom. The van der Waals surface area contributed by atoms with Crippen LogP contribution in [0.5, 0.6) is 5.75 Å². The first-order valence-corrected chi connectivity index (χ1v) is 11.5. The second kappa shape index (κ2) is 10.5. The number of hydrogen-bond donors (Lipinski definition) is 0. The molecule has 1 aliphatic carbocycles. The van der Waals surface area contributed by atoms with Crippen LogP contribution in [-0.2, 0) is 22.4 Å². The Kier molecular flexibility index (Phi) is 7.23. The number of ether oxygens (including phenoxy) is 2. The smallest absolute Gasteiger partial charge is 0.306 e. The van der Waals surface area contributed by atoms with Crippen LogP contribution in [0.3, 0.4) is 0 Å². The first-order valence-electron chi connectivity index (χ1n) is 11.5. The molecule has 1 aromatic carbocycles. The van der Waals surface area contributed by atoms with Crippen molar-refractivity contribution in [3.63, 3.8) is 0 Å². The molecule has 1 aliphatic rings. The van der Waals surface area contributed by atoms with Gasteiger partial charge >= 0.3 is 5.97 Å². The quantitative estimate of drug-likeness (QED) is 0.396. The Morgan fingerprint density at radius 3 is 2.82 bits per heavy atom. The molecule has 0 saturated carbocycles. The lowest BCUT2D eigenvalue weighted by Gasteiger charge is -2.21. The first kappa shape index (κ1) is 22.8. The zero-order chi connectivity index (χ0) is 23.2. The molecular weight excluding hydrogens is 416 g/mol. The number of oxazole rings is 1. The van der Waals surface area contributed by atoms with Crippen LogP contribution in [0, 0.1) is 13.8 Å². The molecule has 0 amide bonds. The van der Waals surface area contributed by atoms with Crippen LogP contribution in [0.2, 0.25) is 0 Å². The highest BCUT2D eigenvalue weighted by Crippen LogP contribution is 2.35. The van der Waals surface area contributed by atoms with E-state index in [2.05, 4.69) is 22.1 Å². The van der Waals surface area contributed by atoms with Gasteiger partial charge in [-0.15, -0.1) is 0 Å². The van der Waals surface area contributed by atoms with Crippen molar-refractivity contribution < 1.29 is 18.7 Å². The number of nitrogens with zero attached hydrogens (tertiary/aromatic N) is 2. The van der Waals surface area contributed by atoms with Crippen molar-refractivity contribution in [2.75, 3.05) is 13.2 Å². The normalized spacial score (nSPS) is 12.8. The second-order valence-corrected chi connectivity index (χ2v) is 8.16. The maximum absolute atomic E-state index is 11.8. The van der Waals surface area contributed by atoms with Crippen molar-refractivity contribution in [2.45, 2.75) is 52.9 Å². The highest BCUT2D eigenvalue weighted by atomic mass is 16.5. The average molecular weight is 447 g/mol. The summed E-state index contributed by atoms with van der Waals surface area (Å²) in [5, 5.41) is 0. The summed E-state index contributed by atoms with van der Waals surface area (Å²) in [5.74, 6) is 2.14. The minimum absolute atomic E-state index is 0.151. The summed E-state index contributed by atoms with van der Waals surface area (Å²) >= 11 is 0. The fourth-order valence-corrected chi connectivity index (χ4v) is 4.10. The van der Waals surface area contributed by atoms with Gasteiger partial charge < -0.3 is 13.9 Å². The van der Waals surface area contributed by atoms with E-state index in [0.29, 0.717) is 38.4 Å². The van der Waals surface area contributed by atoms with E-state index in [9.17, 15) is 4.79 Å². The van der Waals surface area contributed by atoms with E-state index in [-0.39, 0.29) is 5.97 Å². The Hall–Kier alpha value is -3.41. The molecule has 4 rings (SSSR count). The zero-order valence-electron chi connectivity index (χ0n) is 19.5. The van der Waals surface area contributed by atoms with Crippen molar-refractivity contribution in [2.24, 2.45) is 0 Å². The number of carbonyl (C=O) groups excluding carboxylic acids is 1. The van der Waals surface area contributed by atoms with E-state index >= 15 is 0 Å². The molecule has 0 saturated heterocycles. The fraction of sp³-hybridized carbons (Fsp3) is 0.370. The number of rotatable bonds is 9. The molecule has 0 aliphatic heterocycles. The van der Waals surface area contributed by atoms with Gasteiger partial charge in [0.25, 0.3) is 0 Å². The van der Waals surface area contributed by atoms with Gasteiger partial charge in [0.05, 0.1) is 24.5 Å². The largest absolute Gasteiger partial charge is 0.493 e. The number of fused-ring (bicyclic) bond motifs is 1. The number of allylic oxidation sites excluding steroid dienone is 2. The summed E-state index contributed by atoms with van der Waals surface area (Å²) in [5.41, 5.74) is 6.30. The molecule has 33 heavy (non-hydrogen) atoms. The maximum Gasteiger partial charge on any atom is 0.306 e. The van der Waals surface area contributed by atoms with Gasteiger partial charge in [-0.1, -0.05) is 18.2 Å². The SMILES string of the molecule is CCOC(=O)CCC1=CCCc2c(OCCc3nc(-c4ccc(C)nc4)oc3C)cccc21. The molecule has 0 N–H and O–H groups in total. The van der Waals surface area contributed by atoms with Crippen LogP contribution in [-0.4, -0.2) is 29.2 Å². The van der Waals surface area contributed by atoms with Crippen molar-refractivity contribution in [3.05, 3.63) is 70.9 Å². The van der Waals surface area contributed by atoms with E-state index in [4.69, 9.17) is 13.9 Å². The molecule has 3 aromatic rings. The van der Waals surface area contributed by atoms with Gasteiger partial charge in [-0.2, -0.15) is 0 Å². The number of aromatic nitrogens is 2. The average Bonchev–Trinajstić information content (AvgIpc) is 3.19. The van der Waals surface area contributed by atoms with E-state index < -0.39 is 0 Å². The highest BCUT2D eigenvalue weighted by molar-refractivity contribution is 5.77. The predicted octanol–water partition coefficient (Wildman–Crippen LogP) is 5.65. The highest BCUT2D eigenvalue weighted by Gasteiger charge is 2.18. The van der Waals surface area contributed by atoms with E-state index in [1.165, 1.54) is 16.7 Å².